The average molecular weight is 275 g/mol. The van der Waals surface area contributed by atoms with Gasteiger partial charge in [0, 0.05) is 12.0 Å². The highest BCUT2D eigenvalue weighted by atomic mass is 16.5. The Morgan fingerprint density at radius 3 is 2.70 bits per heavy atom. The van der Waals surface area contributed by atoms with E-state index in [0.29, 0.717) is 12.0 Å². The molecule has 0 aliphatic heterocycles. The molecule has 0 aromatic heterocycles. The molecule has 2 atom stereocenters. The van der Waals surface area contributed by atoms with Gasteiger partial charge in [0.15, 0.2) is 0 Å². The number of hydrogen-bond donors (Lipinski definition) is 1. The fraction of sp³-hybridized carbons (Fsp3) is 0.667. The number of para-hydroxylation sites is 1. The van der Waals surface area contributed by atoms with Crippen molar-refractivity contribution in [2.75, 3.05) is 13.2 Å². The summed E-state index contributed by atoms with van der Waals surface area (Å²) < 4.78 is 5.96. The summed E-state index contributed by atoms with van der Waals surface area (Å²) >= 11 is 0. The van der Waals surface area contributed by atoms with Crippen LogP contribution in [0.25, 0.3) is 0 Å². The fourth-order valence-electron chi connectivity index (χ4n) is 3.21. The van der Waals surface area contributed by atoms with Crippen molar-refractivity contribution in [3.8, 4) is 5.75 Å². The van der Waals surface area contributed by atoms with Crippen molar-refractivity contribution < 1.29 is 4.74 Å². The van der Waals surface area contributed by atoms with Crippen molar-refractivity contribution in [3.63, 3.8) is 0 Å². The zero-order valence-electron chi connectivity index (χ0n) is 13.0. The van der Waals surface area contributed by atoms with E-state index in [9.17, 15) is 0 Å². The van der Waals surface area contributed by atoms with Crippen LogP contribution in [0.3, 0.4) is 0 Å². The number of nitrogens with one attached hydrogen (secondary N) is 1. The van der Waals surface area contributed by atoms with Crippen molar-refractivity contribution in [3.05, 3.63) is 29.8 Å². The summed E-state index contributed by atoms with van der Waals surface area (Å²) in [6, 6.07) is 9.26. The Balaban J connectivity index is 2.14. The van der Waals surface area contributed by atoms with Crippen LogP contribution in [0.5, 0.6) is 5.75 Å². The Labute approximate surface area is 123 Å². The molecule has 1 aromatic rings. The van der Waals surface area contributed by atoms with Crippen LogP contribution in [-0.4, -0.2) is 19.2 Å². The Kier molecular flexibility index (Phi) is 6.38. The van der Waals surface area contributed by atoms with E-state index >= 15 is 0 Å². The van der Waals surface area contributed by atoms with Gasteiger partial charge < -0.3 is 10.1 Å². The van der Waals surface area contributed by atoms with E-state index < -0.39 is 0 Å². The Bertz CT molecular complexity index is 391. The molecule has 0 spiro atoms. The second kappa shape index (κ2) is 8.31. The first-order chi connectivity index (χ1) is 9.86. The minimum atomic E-state index is 0.614. The van der Waals surface area contributed by atoms with Crippen LogP contribution in [0, 0.1) is 0 Å². The topological polar surface area (TPSA) is 21.3 Å². The maximum absolute atomic E-state index is 5.96. The van der Waals surface area contributed by atoms with Gasteiger partial charge in [-0.2, -0.15) is 0 Å². The van der Waals surface area contributed by atoms with Gasteiger partial charge in [0.1, 0.15) is 5.75 Å². The van der Waals surface area contributed by atoms with Gasteiger partial charge in [-0.05, 0) is 43.9 Å². The van der Waals surface area contributed by atoms with Crippen LogP contribution in [0.1, 0.15) is 63.9 Å². The third-order valence-corrected chi connectivity index (χ3v) is 4.20. The summed E-state index contributed by atoms with van der Waals surface area (Å²) in [5.41, 5.74) is 1.41. The largest absolute Gasteiger partial charge is 0.493 e. The third kappa shape index (κ3) is 3.99. The van der Waals surface area contributed by atoms with E-state index in [1.165, 1.54) is 37.7 Å². The average Bonchev–Trinajstić information content (AvgIpc) is 2.51. The summed E-state index contributed by atoms with van der Waals surface area (Å²) in [5.74, 6) is 1.72. The fourth-order valence-corrected chi connectivity index (χ4v) is 3.21. The molecule has 0 saturated heterocycles. The zero-order valence-corrected chi connectivity index (χ0v) is 13.0. The molecule has 20 heavy (non-hydrogen) atoms. The van der Waals surface area contributed by atoms with Gasteiger partial charge in [-0.3, -0.25) is 0 Å². The van der Waals surface area contributed by atoms with Gasteiger partial charge in [0.2, 0.25) is 0 Å². The molecule has 2 nitrogen and oxygen atoms in total. The second-order valence-electron chi connectivity index (χ2n) is 5.84. The highest BCUT2D eigenvalue weighted by molar-refractivity contribution is 5.37. The predicted molar refractivity (Wildman–Crippen MR) is 85.5 cm³/mol. The minimum absolute atomic E-state index is 0.614. The van der Waals surface area contributed by atoms with Gasteiger partial charge >= 0.3 is 0 Å². The van der Waals surface area contributed by atoms with Gasteiger partial charge in [0.05, 0.1) is 6.61 Å². The predicted octanol–water partition coefficient (Wildman–Crippen LogP) is 4.50. The van der Waals surface area contributed by atoms with Crippen LogP contribution in [0.15, 0.2) is 24.3 Å². The molecule has 1 aliphatic rings. The van der Waals surface area contributed by atoms with E-state index in [1.54, 1.807) is 0 Å². The van der Waals surface area contributed by atoms with Crippen LogP contribution in [-0.2, 0) is 0 Å². The summed E-state index contributed by atoms with van der Waals surface area (Å²) in [6.45, 7) is 6.34. The molecule has 1 aromatic carbocycles. The van der Waals surface area contributed by atoms with Crippen molar-refractivity contribution in [1.82, 2.24) is 5.32 Å². The second-order valence-corrected chi connectivity index (χ2v) is 5.84. The molecular formula is C18H29NO. The quantitative estimate of drug-likeness (QED) is 0.791. The van der Waals surface area contributed by atoms with E-state index in [-0.39, 0.29) is 0 Å². The van der Waals surface area contributed by atoms with E-state index in [2.05, 4.69) is 43.4 Å². The zero-order chi connectivity index (χ0) is 14.2. The summed E-state index contributed by atoms with van der Waals surface area (Å²) in [6.07, 6.45) is 7.56. The lowest BCUT2D eigenvalue weighted by atomic mass is 9.79. The van der Waals surface area contributed by atoms with Crippen LogP contribution < -0.4 is 10.1 Å². The van der Waals surface area contributed by atoms with Crippen molar-refractivity contribution in [2.24, 2.45) is 0 Å². The molecule has 1 fully saturated rings. The minimum Gasteiger partial charge on any atom is -0.493 e. The molecule has 1 N–H and O–H groups in total. The van der Waals surface area contributed by atoms with Gasteiger partial charge in [-0.15, -0.1) is 0 Å². The van der Waals surface area contributed by atoms with Crippen LogP contribution in [0.2, 0.25) is 0 Å². The smallest absolute Gasteiger partial charge is 0.122 e. The normalized spacial score (nSPS) is 22.7. The number of rotatable bonds is 7. The molecule has 0 bridgehead atoms. The summed E-state index contributed by atoms with van der Waals surface area (Å²) in [5, 5.41) is 3.75. The summed E-state index contributed by atoms with van der Waals surface area (Å²) in [7, 11) is 0. The first kappa shape index (κ1) is 15.4. The molecule has 0 amide bonds. The SMILES string of the molecule is CCCNC1CCCCC1c1ccccc1OCCC. The van der Waals surface area contributed by atoms with Crippen molar-refractivity contribution in [2.45, 2.75) is 64.3 Å². The standard InChI is InChI=1S/C18H29NO/c1-3-13-19-17-11-7-5-9-15(17)16-10-6-8-12-18(16)20-14-4-2/h6,8,10,12,15,17,19H,3-5,7,9,11,13-14H2,1-2H3. The molecule has 2 rings (SSSR count). The molecule has 112 valence electrons. The highest BCUT2D eigenvalue weighted by Gasteiger charge is 2.27. The van der Waals surface area contributed by atoms with Gasteiger partial charge in [-0.25, -0.2) is 0 Å². The molecule has 2 heteroatoms. The Hall–Kier alpha value is -1.02. The Morgan fingerprint density at radius 1 is 1.10 bits per heavy atom. The highest BCUT2D eigenvalue weighted by Crippen LogP contribution is 2.37. The van der Waals surface area contributed by atoms with Crippen LogP contribution >= 0.6 is 0 Å². The maximum Gasteiger partial charge on any atom is 0.122 e. The number of benzene rings is 1. The van der Waals surface area contributed by atoms with E-state index in [4.69, 9.17) is 4.74 Å². The summed E-state index contributed by atoms with van der Waals surface area (Å²) in [4.78, 5) is 0. The first-order valence-corrected chi connectivity index (χ1v) is 8.32. The van der Waals surface area contributed by atoms with Crippen molar-refractivity contribution in [1.29, 1.82) is 0 Å². The monoisotopic (exact) mass is 275 g/mol. The lowest BCUT2D eigenvalue weighted by molar-refractivity contribution is 0.291. The third-order valence-electron chi connectivity index (χ3n) is 4.20. The first-order valence-electron chi connectivity index (χ1n) is 8.32. The van der Waals surface area contributed by atoms with E-state index in [0.717, 1.165) is 25.3 Å². The molecular weight excluding hydrogens is 246 g/mol. The Morgan fingerprint density at radius 2 is 1.90 bits per heavy atom. The molecule has 1 saturated carbocycles. The van der Waals surface area contributed by atoms with Crippen LogP contribution in [0.4, 0.5) is 0 Å². The molecule has 0 radical (unpaired) electrons. The molecule has 2 unspecified atom stereocenters. The molecule has 1 aliphatic carbocycles. The number of hydrogen-bond acceptors (Lipinski definition) is 2. The lowest BCUT2D eigenvalue weighted by Gasteiger charge is -2.33. The van der Waals surface area contributed by atoms with Gasteiger partial charge in [-0.1, -0.05) is 44.9 Å². The molecule has 0 heterocycles. The van der Waals surface area contributed by atoms with Crippen molar-refractivity contribution >= 4 is 0 Å². The lowest BCUT2D eigenvalue weighted by Crippen LogP contribution is -2.37. The van der Waals surface area contributed by atoms with Gasteiger partial charge in [0.25, 0.3) is 0 Å². The number of ether oxygens (including phenoxy) is 1. The van der Waals surface area contributed by atoms with E-state index in [1.807, 2.05) is 0 Å². The maximum atomic E-state index is 5.96.